The number of nitrogens with one attached hydrogen (secondary N) is 1. The first-order chi connectivity index (χ1) is 14.5. The Morgan fingerprint density at radius 2 is 1.97 bits per heavy atom. The second kappa shape index (κ2) is 8.08. The van der Waals surface area contributed by atoms with E-state index in [-0.39, 0.29) is 25.2 Å². The number of fused-ring (bicyclic) bond motifs is 3. The highest BCUT2D eigenvalue weighted by Gasteiger charge is 2.24. The molecular formula is C22H19F2N3O3. The Balaban J connectivity index is 1.62. The van der Waals surface area contributed by atoms with Gasteiger partial charge >= 0.3 is 0 Å². The molecule has 30 heavy (non-hydrogen) atoms. The lowest BCUT2D eigenvalue weighted by molar-refractivity contribution is 0.0928. The zero-order chi connectivity index (χ0) is 21.3. The Morgan fingerprint density at radius 1 is 1.20 bits per heavy atom. The number of halogens is 2. The average Bonchev–Trinajstić information content (AvgIpc) is 2.73. The fourth-order valence-electron chi connectivity index (χ4n) is 3.56. The summed E-state index contributed by atoms with van der Waals surface area (Å²) in [5.41, 5.74) is 8.22. The number of anilines is 1. The molecule has 6 nitrogen and oxygen atoms in total. The van der Waals surface area contributed by atoms with Gasteiger partial charge in [0.2, 0.25) is 0 Å². The Hall–Kier alpha value is -3.52. The maximum atomic E-state index is 14.2. The van der Waals surface area contributed by atoms with Gasteiger partial charge in [-0.3, -0.25) is 4.79 Å². The molecule has 1 aliphatic rings. The monoisotopic (exact) mass is 411 g/mol. The van der Waals surface area contributed by atoms with Gasteiger partial charge in [-0.15, -0.1) is 0 Å². The molecule has 0 aliphatic carbocycles. The highest BCUT2D eigenvalue weighted by Crippen LogP contribution is 2.38. The molecular weight excluding hydrogens is 392 g/mol. The fourth-order valence-corrected chi connectivity index (χ4v) is 3.56. The van der Waals surface area contributed by atoms with Crippen LogP contribution in [-0.4, -0.2) is 22.6 Å². The van der Waals surface area contributed by atoms with Crippen molar-refractivity contribution in [3.63, 3.8) is 0 Å². The number of nitrogens with zero attached hydrogens (tertiary/aromatic N) is 1. The summed E-state index contributed by atoms with van der Waals surface area (Å²) in [6.45, 7) is -0.0972. The molecule has 1 aromatic heterocycles. The molecule has 3 aromatic rings. The van der Waals surface area contributed by atoms with E-state index < -0.39 is 23.6 Å². The molecule has 4 rings (SSSR count). The number of benzene rings is 2. The quantitative estimate of drug-likeness (QED) is 0.598. The van der Waals surface area contributed by atoms with Crippen LogP contribution in [0.15, 0.2) is 48.7 Å². The second-order valence-corrected chi connectivity index (χ2v) is 6.94. The molecule has 2 aromatic carbocycles. The number of hydrogen-bond acceptors (Lipinski definition) is 5. The number of aliphatic hydroxyl groups is 1. The van der Waals surface area contributed by atoms with Crippen LogP contribution in [0.25, 0.3) is 11.1 Å². The third-order valence-corrected chi connectivity index (χ3v) is 5.00. The van der Waals surface area contributed by atoms with Gasteiger partial charge in [-0.2, -0.15) is 0 Å². The van der Waals surface area contributed by atoms with Crippen molar-refractivity contribution in [3.05, 3.63) is 77.0 Å². The summed E-state index contributed by atoms with van der Waals surface area (Å²) in [6, 6.07) is 9.22. The SMILES string of the molecule is Nc1cc2c(cn1)OCc1cc(C(=O)N[C@H](CCO)c3c(F)cccc3F)ccc1-2. The predicted molar refractivity (Wildman–Crippen MR) is 107 cm³/mol. The van der Waals surface area contributed by atoms with Crippen LogP contribution < -0.4 is 15.8 Å². The third-order valence-electron chi connectivity index (χ3n) is 5.00. The number of amides is 1. The number of carbonyl (C=O) groups excluding carboxylic acids is 1. The molecule has 0 fully saturated rings. The van der Waals surface area contributed by atoms with Crippen LogP contribution in [0.1, 0.15) is 33.9 Å². The van der Waals surface area contributed by atoms with Gasteiger partial charge in [-0.05, 0) is 47.9 Å². The van der Waals surface area contributed by atoms with Crippen molar-refractivity contribution in [3.8, 4) is 16.9 Å². The van der Waals surface area contributed by atoms with Crippen molar-refractivity contribution in [1.82, 2.24) is 10.3 Å². The molecule has 0 unspecified atom stereocenters. The Morgan fingerprint density at radius 3 is 2.70 bits per heavy atom. The molecule has 1 aliphatic heterocycles. The number of pyridine rings is 1. The van der Waals surface area contributed by atoms with Gasteiger partial charge in [-0.1, -0.05) is 12.1 Å². The van der Waals surface area contributed by atoms with Gasteiger partial charge < -0.3 is 20.9 Å². The fraction of sp³-hybridized carbons (Fsp3) is 0.182. The predicted octanol–water partition coefficient (Wildman–Crippen LogP) is 3.35. The lowest BCUT2D eigenvalue weighted by atomic mass is 9.95. The normalized spacial score (nSPS) is 13.0. The molecule has 0 saturated carbocycles. The minimum absolute atomic E-state index is 0.0305. The van der Waals surface area contributed by atoms with Gasteiger partial charge in [0.25, 0.3) is 5.91 Å². The third kappa shape index (κ3) is 3.69. The van der Waals surface area contributed by atoms with Crippen LogP contribution in [-0.2, 0) is 6.61 Å². The van der Waals surface area contributed by atoms with Crippen LogP contribution in [0, 0.1) is 11.6 Å². The topological polar surface area (TPSA) is 97.5 Å². The van der Waals surface area contributed by atoms with Crippen LogP contribution in [0.2, 0.25) is 0 Å². The van der Waals surface area contributed by atoms with E-state index in [1.165, 1.54) is 6.07 Å². The Labute approximate surface area is 171 Å². The van der Waals surface area contributed by atoms with Gasteiger partial charge in [0.1, 0.15) is 29.8 Å². The van der Waals surface area contributed by atoms with Crippen LogP contribution in [0.4, 0.5) is 14.6 Å². The van der Waals surface area contributed by atoms with Crippen LogP contribution in [0.3, 0.4) is 0 Å². The van der Waals surface area contributed by atoms with Crippen molar-refractivity contribution < 1.29 is 23.4 Å². The van der Waals surface area contributed by atoms with Crippen molar-refractivity contribution in [1.29, 1.82) is 0 Å². The van der Waals surface area contributed by atoms with E-state index in [9.17, 15) is 18.7 Å². The Bertz CT molecular complexity index is 1100. The summed E-state index contributed by atoms with van der Waals surface area (Å²) < 4.78 is 34.0. The van der Waals surface area contributed by atoms with Gasteiger partial charge in [-0.25, -0.2) is 13.8 Å². The lowest BCUT2D eigenvalue weighted by Crippen LogP contribution is -2.30. The zero-order valence-corrected chi connectivity index (χ0v) is 15.9. The largest absolute Gasteiger partial charge is 0.487 e. The van der Waals surface area contributed by atoms with Gasteiger partial charge in [0.15, 0.2) is 0 Å². The number of rotatable bonds is 5. The Kier molecular flexibility index (Phi) is 5.33. The zero-order valence-electron chi connectivity index (χ0n) is 15.9. The standard InChI is InChI=1S/C22H19F2N3O3/c23-16-2-1-3-17(24)21(16)18(6-7-28)27-22(29)12-4-5-14-13(8-12)11-30-19-10-26-20(25)9-15(14)19/h1-5,8-10,18,28H,6-7,11H2,(H2,25,26)(H,27,29)/t18-/m1/s1. The number of nitrogens with two attached hydrogens (primary N) is 1. The van der Waals surface area contributed by atoms with Crippen molar-refractivity contribution >= 4 is 11.7 Å². The number of aliphatic hydroxyl groups excluding tert-OH is 1. The molecule has 8 heteroatoms. The first-order valence-electron chi connectivity index (χ1n) is 9.35. The molecule has 1 atom stereocenters. The molecule has 1 amide bonds. The van der Waals surface area contributed by atoms with Crippen molar-refractivity contribution in [2.45, 2.75) is 19.1 Å². The number of hydrogen-bond donors (Lipinski definition) is 3. The van der Waals surface area contributed by atoms with E-state index in [0.29, 0.717) is 17.1 Å². The van der Waals surface area contributed by atoms with E-state index in [0.717, 1.165) is 28.8 Å². The number of nitrogen functional groups attached to an aromatic ring is 1. The summed E-state index contributed by atoms with van der Waals surface area (Å²) >= 11 is 0. The molecule has 0 bridgehead atoms. The molecule has 0 saturated heterocycles. The summed E-state index contributed by atoms with van der Waals surface area (Å²) in [4.78, 5) is 16.8. The van der Waals surface area contributed by atoms with Crippen LogP contribution in [0.5, 0.6) is 5.75 Å². The number of ether oxygens (including phenoxy) is 1. The van der Waals surface area contributed by atoms with Crippen molar-refractivity contribution in [2.75, 3.05) is 12.3 Å². The number of carbonyl (C=O) groups is 1. The second-order valence-electron chi connectivity index (χ2n) is 6.94. The number of aromatic nitrogens is 1. The summed E-state index contributed by atoms with van der Waals surface area (Å²) in [6.07, 6.45) is 1.52. The van der Waals surface area contributed by atoms with Crippen molar-refractivity contribution in [2.24, 2.45) is 0 Å². The average molecular weight is 411 g/mol. The van der Waals surface area contributed by atoms with E-state index in [1.54, 1.807) is 30.5 Å². The molecule has 154 valence electrons. The molecule has 2 heterocycles. The first kappa shape index (κ1) is 19.8. The lowest BCUT2D eigenvalue weighted by Gasteiger charge is -2.22. The van der Waals surface area contributed by atoms with E-state index in [2.05, 4.69) is 10.3 Å². The molecule has 0 radical (unpaired) electrons. The highest BCUT2D eigenvalue weighted by molar-refractivity contribution is 5.95. The molecule has 0 spiro atoms. The maximum Gasteiger partial charge on any atom is 0.251 e. The van der Waals surface area contributed by atoms with E-state index in [4.69, 9.17) is 10.5 Å². The smallest absolute Gasteiger partial charge is 0.251 e. The summed E-state index contributed by atoms with van der Waals surface area (Å²) in [7, 11) is 0. The molecule has 4 N–H and O–H groups in total. The van der Waals surface area contributed by atoms with E-state index >= 15 is 0 Å². The van der Waals surface area contributed by atoms with Crippen LogP contribution >= 0.6 is 0 Å². The van der Waals surface area contributed by atoms with Gasteiger partial charge in [0.05, 0.1) is 12.2 Å². The first-order valence-corrected chi connectivity index (χ1v) is 9.35. The highest BCUT2D eigenvalue weighted by atomic mass is 19.1. The minimum Gasteiger partial charge on any atom is -0.487 e. The summed E-state index contributed by atoms with van der Waals surface area (Å²) in [5.74, 6) is -1.12. The minimum atomic E-state index is -1.01. The van der Waals surface area contributed by atoms with Gasteiger partial charge in [0, 0.05) is 23.3 Å². The maximum absolute atomic E-state index is 14.2. The van der Waals surface area contributed by atoms with E-state index in [1.807, 2.05) is 0 Å². The summed E-state index contributed by atoms with van der Waals surface area (Å²) in [5, 5.41) is 11.9.